The number of hydrogen-bond donors (Lipinski definition) is 1. The number of hydrogen-bond acceptors (Lipinski definition) is 3. The second kappa shape index (κ2) is 8.35. The van der Waals surface area contributed by atoms with Gasteiger partial charge in [0.25, 0.3) is 0 Å². The first kappa shape index (κ1) is 15.3. The van der Waals surface area contributed by atoms with Crippen molar-refractivity contribution in [2.45, 2.75) is 64.5 Å². The van der Waals surface area contributed by atoms with E-state index in [0.717, 1.165) is 25.0 Å². The maximum absolute atomic E-state index is 10.8. The van der Waals surface area contributed by atoms with E-state index in [1.165, 1.54) is 45.8 Å². The molecule has 0 aromatic heterocycles. The van der Waals surface area contributed by atoms with Crippen molar-refractivity contribution in [3.8, 4) is 0 Å². The van der Waals surface area contributed by atoms with Crippen molar-refractivity contribution in [1.29, 1.82) is 0 Å². The predicted octanol–water partition coefficient (Wildman–Crippen LogP) is 2.78. The molecule has 4 heteroatoms. The molecule has 0 unspecified atom stereocenters. The molecule has 1 heterocycles. The van der Waals surface area contributed by atoms with E-state index in [-0.39, 0.29) is 6.09 Å². The molecule has 1 rings (SSSR count). The fraction of sp³-hybridized carbons (Fsp3) is 0.929. The van der Waals surface area contributed by atoms with Crippen LogP contribution in [0.1, 0.15) is 52.4 Å². The van der Waals surface area contributed by atoms with Crippen LogP contribution < -0.4 is 5.32 Å². The molecule has 1 N–H and O–H groups in total. The number of carbonyl (C=O) groups excluding carboxylic acids is 1. The van der Waals surface area contributed by atoms with Crippen LogP contribution in [0.3, 0.4) is 0 Å². The summed E-state index contributed by atoms with van der Waals surface area (Å²) in [5.74, 6) is 0. The number of piperidine rings is 1. The molecule has 1 fully saturated rings. The number of rotatable bonds is 6. The van der Waals surface area contributed by atoms with Crippen molar-refractivity contribution in [2.24, 2.45) is 0 Å². The van der Waals surface area contributed by atoms with Gasteiger partial charge in [-0.3, -0.25) is 4.90 Å². The van der Waals surface area contributed by atoms with Gasteiger partial charge >= 0.3 is 6.09 Å². The van der Waals surface area contributed by atoms with Crippen LogP contribution in [0, 0.1) is 0 Å². The Morgan fingerprint density at radius 1 is 1.22 bits per heavy atom. The summed E-state index contributed by atoms with van der Waals surface area (Å²) in [5.41, 5.74) is 0. The SMILES string of the molecule is COC(=O)NCCCCCN1[C@@H](C)CCC[C@@H]1C. The summed E-state index contributed by atoms with van der Waals surface area (Å²) in [5, 5.41) is 2.71. The molecule has 1 amide bonds. The van der Waals surface area contributed by atoms with Gasteiger partial charge in [-0.1, -0.05) is 12.8 Å². The second-order valence-electron chi connectivity index (χ2n) is 5.35. The molecule has 106 valence electrons. The van der Waals surface area contributed by atoms with Gasteiger partial charge in [-0.25, -0.2) is 4.79 Å². The van der Waals surface area contributed by atoms with Crippen LogP contribution in [0.15, 0.2) is 0 Å². The Hall–Kier alpha value is -0.770. The Morgan fingerprint density at radius 3 is 2.50 bits per heavy atom. The van der Waals surface area contributed by atoms with Crippen molar-refractivity contribution in [3.63, 3.8) is 0 Å². The van der Waals surface area contributed by atoms with Crippen molar-refractivity contribution >= 4 is 6.09 Å². The van der Waals surface area contributed by atoms with Crippen LogP contribution in [-0.2, 0) is 4.74 Å². The highest BCUT2D eigenvalue weighted by atomic mass is 16.5. The lowest BCUT2D eigenvalue weighted by molar-refractivity contribution is 0.101. The molecular formula is C14H28N2O2. The van der Waals surface area contributed by atoms with Gasteiger partial charge in [-0.05, 0) is 46.1 Å². The highest BCUT2D eigenvalue weighted by molar-refractivity contribution is 5.66. The van der Waals surface area contributed by atoms with Crippen LogP contribution in [0.5, 0.6) is 0 Å². The number of nitrogens with one attached hydrogen (secondary N) is 1. The first-order valence-electron chi connectivity index (χ1n) is 7.22. The summed E-state index contributed by atoms with van der Waals surface area (Å²) < 4.78 is 4.52. The normalized spacial score (nSPS) is 24.8. The molecule has 0 bridgehead atoms. The van der Waals surface area contributed by atoms with E-state index in [9.17, 15) is 4.79 Å². The van der Waals surface area contributed by atoms with Crippen molar-refractivity contribution in [1.82, 2.24) is 10.2 Å². The van der Waals surface area contributed by atoms with E-state index < -0.39 is 0 Å². The summed E-state index contributed by atoms with van der Waals surface area (Å²) in [7, 11) is 1.40. The van der Waals surface area contributed by atoms with Gasteiger partial charge < -0.3 is 10.1 Å². The maximum atomic E-state index is 10.8. The standard InChI is InChI=1S/C14H28N2O2/c1-12-8-7-9-13(2)16(12)11-6-4-5-10-15-14(17)18-3/h12-13H,4-11H2,1-3H3,(H,15,17)/t12-,13-/m0/s1. The third-order valence-electron chi connectivity index (χ3n) is 3.92. The summed E-state index contributed by atoms with van der Waals surface area (Å²) in [6.45, 7) is 6.60. The lowest BCUT2D eigenvalue weighted by Gasteiger charge is -2.39. The highest BCUT2D eigenvalue weighted by Gasteiger charge is 2.23. The molecule has 4 nitrogen and oxygen atoms in total. The van der Waals surface area contributed by atoms with Crippen LogP contribution in [0.2, 0.25) is 0 Å². The number of carbonyl (C=O) groups is 1. The third-order valence-corrected chi connectivity index (χ3v) is 3.92. The Kier molecular flexibility index (Phi) is 7.09. The minimum Gasteiger partial charge on any atom is -0.453 e. The average Bonchev–Trinajstić information content (AvgIpc) is 2.36. The number of likely N-dealkylation sites (tertiary alicyclic amines) is 1. The summed E-state index contributed by atoms with van der Waals surface area (Å²) in [4.78, 5) is 13.5. The monoisotopic (exact) mass is 256 g/mol. The Morgan fingerprint density at radius 2 is 1.89 bits per heavy atom. The summed E-state index contributed by atoms with van der Waals surface area (Å²) in [6, 6.07) is 1.48. The number of unbranched alkanes of at least 4 members (excludes halogenated alkanes) is 2. The summed E-state index contributed by atoms with van der Waals surface area (Å²) in [6.07, 6.45) is 7.15. The average molecular weight is 256 g/mol. The molecule has 0 saturated carbocycles. The van der Waals surface area contributed by atoms with E-state index >= 15 is 0 Å². The number of ether oxygens (including phenoxy) is 1. The van der Waals surface area contributed by atoms with Crippen LogP contribution in [0.25, 0.3) is 0 Å². The lowest BCUT2D eigenvalue weighted by atomic mass is 9.97. The Labute approximate surface area is 111 Å². The molecular weight excluding hydrogens is 228 g/mol. The molecule has 0 radical (unpaired) electrons. The number of alkyl carbamates (subject to hydrolysis) is 1. The van der Waals surface area contributed by atoms with E-state index in [4.69, 9.17) is 0 Å². The molecule has 1 aliphatic heterocycles. The van der Waals surface area contributed by atoms with Crippen molar-refractivity contribution in [3.05, 3.63) is 0 Å². The topological polar surface area (TPSA) is 41.6 Å². The largest absolute Gasteiger partial charge is 0.453 e. The van der Waals surface area contributed by atoms with Gasteiger partial charge in [0.05, 0.1) is 7.11 Å². The van der Waals surface area contributed by atoms with E-state index in [1.807, 2.05) is 0 Å². The molecule has 0 aliphatic carbocycles. The maximum Gasteiger partial charge on any atom is 0.406 e. The van der Waals surface area contributed by atoms with Gasteiger partial charge in [0.2, 0.25) is 0 Å². The van der Waals surface area contributed by atoms with Gasteiger partial charge in [0, 0.05) is 18.6 Å². The van der Waals surface area contributed by atoms with Gasteiger partial charge in [-0.15, -0.1) is 0 Å². The quantitative estimate of drug-likeness (QED) is 0.743. The molecule has 0 aromatic carbocycles. The third kappa shape index (κ3) is 5.25. The molecule has 1 aliphatic rings. The first-order valence-corrected chi connectivity index (χ1v) is 7.22. The second-order valence-corrected chi connectivity index (χ2v) is 5.35. The lowest BCUT2D eigenvalue weighted by Crippen LogP contribution is -2.44. The molecule has 0 spiro atoms. The molecule has 18 heavy (non-hydrogen) atoms. The zero-order valence-corrected chi connectivity index (χ0v) is 12.1. The smallest absolute Gasteiger partial charge is 0.406 e. The fourth-order valence-corrected chi connectivity index (χ4v) is 2.77. The zero-order valence-electron chi connectivity index (χ0n) is 12.1. The number of nitrogens with zero attached hydrogens (tertiary/aromatic N) is 1. The van der Waals surface area contributed by atoms with Crippen LogP contribution in [0.4, 0.5) is 4.79 Å². The molecule has 0 aromatic rings. The van der Waals surface area contributed by atoms with E-state index in [2.05, 4.69) is 28.8 Å². The summed E-state index contributed by atoms with van der Waals surface area (Å²) >= 11 is 0. The molecule has 1 saturated heterocycles. The Balaban J connectivity index is 2.04. The number of amides is 1. The van der Waals surface area contributed by atoms with Crippen molar-refractivity contribution in [2.75, 3.05) is 20.2 Å². The zero-order chi connectivity index (χ0) is 13.4. The minimum atomic E-state index is -0.326. The van der Waals surface area contributed by atoms with Gasteiger partial charge in [0.1, 0.15) is 0 Å². The van der Waals surface area contributed by atoms with Gasteiger partial charge in [0.15, 0.2) is 0 Å². The van der Waals surface area contributed by atoms with Crippen LogP contribution >= 0.6 is 0 Å². The van der Waals surface area contributed by atoms with Crippen LogP contribution in [-0.4, -0.2) is 43.3 Å². The fourth-order valence-electron chi connectivity index (χ4n) is 2.77. The Bertz CT molecular complexity index is 236. The molecule has 2 atom stereocenters. The highest BCUT2D eigenvalue weighted by Crippen LogP contribution is 2.22. The van der Waals surface area contributed by atoms with E-state index in [0.29, 0.717) is 0 Å². The minimum absolute atomic E-state index is 0.326. The number of methoxy groups -OCH3 is 1. The first-order chi connectivity index (χ1) is 8.65. The predicted molar refractivity (Wildman–Crippen MR) is 73.7 cm³/mol. The van der Waals surface area contributed by atoms with Crippen molar-refractivity contribution < 1.29 is 9.53 Å². The van der Waals surface area contributed by atoms with E-state index in [1.54, 1.807) is 0 Å². The van der Waals surface area contributed by atoms with Gasteiger partial charge in [-0.2, -0.15) is 0 Å².